The van der Waals surface area contributed by atoms with Crippen molar-refractivity contribution < 1.29 is 31.4 Å². The summed E-state index contributed by atoms with van der Waals surface area (Å²) in [6, 6.07) is 24.3. The fraction of sp³-hybridized carbons (Fsp3) is 0.457. The van der Waals surface area contributed by atoms with Crippen molar-refractivity contribution in [3.63, 3.8) is 0 Å². The first-order valence-corrected chi connectivity index (χ1v) is 17.1. The molecule has 0 unspecified atom stereocenters. The summed E-state index contributed by atoms with van der Waals surface area (Å²) >= 11 is 0. The summed E-state index contributed by atoms with van der Waals surface area (Å²) in [5.74, 6) is 0.198. The van der Waals surface area contributed by atoms with Crippen molar-refractivity contribution in [1.82, 2.24) is 4.90 Å². The molecule has 236 valence electrons. The van der Waals surface area contributed by atoms with Crippen molar-refractivity contribution in [3.05, 3.63) is 102 Å². The molecule has 3 aromatic carbocycles. The minimum absolute atomic E-state index is 0.0176. The first-order valence-electron chi connectivity index (χ1n) is 15.7. The lowest BCUT2D eigenvalue weighted by Crippen LogP contribution is -2.65. The molecule has 0 aliphatic carbocycles. The highest BCUT2D eigenvalue weighted by Gasteiger charge is 2.50. The summed E-state index contributed by atoms with van der Waals surface area (Å²) < 4.78 is 51.6. The quantitative estimate of drug-likeness (QED) is 0.187. The number of carbonyl (C=O) groups excluding carboxylic acids is 1. The number of hydrogen-bond donors (Lipinski definition) is 0. The Hall–Kier alpha value is -3.11. The molecule has 4 saturated heterocycles. The molecule has 9 heteroatoms. The monoisotopic (exact) mass is 622 g/mol. The van der Waals surface area contributed by atoms with E-state index in [1.165, 1.54) is 36.2 Å². The highest BCUT2D eigenvalue weighted by Crippen LogP contribution is 2.39. The molecule has 0 spiro atoms. The third kappa shape index (κ3) is 7.57. The number of piperidine rings is 4. The van der Waals surface area contributed by atoms with Crippen molar-refractivity contribution >= 4 is 16.1 Å². The number of hydrogen-bond acceptors (Lipinski definition) is 6. The summed E-state index contributed by atoms with van der Waals surface area (Å²) in [5.41, 5.74) is 1.47. The van der Waals surface area contributed by atoms with E-state index in [4.69, 9.17) is 4.74 Å². The van der Waals surface area contributed by atoms with Crippen LogP contribution in [-0.4, -0.2) is 73.7 Å². The predicted octanol–water partition coefficient (Wildman–Crippen LogP) is 5.51. The van der Waals surface area contributed by atoms with Gasteiger partial charge in [0, 0.05) is 25.2 Å². The number of esters is 1. The number of likely N-dealkylation sites (tertiary alicyclic amines) is 1. The molecular weight excluding hydrogens is 579 g/mol. The Kier molecular flexibility index (Phi) is 10.2. The lowest BCUT2D eigenvalue weighted by atomic mass is 9.82. The third-order valence-corrected chi connectivity index (χ3v) is 10.7. The molecule has 44 heavy (non-hydrogen) atoms. The van der Waals surface area contributed by atoms with Gasteiger partial charge in [0.25, 0.3) is 0 Å². The van der Waals surface area contributed by atoms with Crippen molar-refractivity contribution in [2.75, 3.05) is 39.3 Å². The van der Waals surface area contributed by atoms with Gasteiger partial charge in [0.05, 0.1) is 24.5 Å². The molecule has 7 rings (SSSR count). The van der Waals surface area contributed by atoms with Gasteiger partial charge in [0.15, 0.2) is 6.10 Å². The van der Waals surface area contributed by atoms with E-state index in [2.05, 4.69) is 24.0 Å². The predicted molar refractivity (Wildman–Crippen MR) is 166 cm³/mol. The van der Waals surface area contributed by atoms with Crippen LogP contribution in [0.1, 0.15) is 50.2 Å². The van der Waals surface area contributed by atoms with Crippen LogP contribution in [0.4, 0.5) is 4.39 Å². The second kappa shape index (κ2) is 13.9. The SMILES string of the molecule is C[C@@](C(=O)O[C@H]1C[N+]2(CCc3ccc(F)cc3)CCC1CC2)(c1ccccc1)N1CCCCC1.O=S(=O)([O-])c1ccccc1. The van der Waals surface area contributed by atoms with E-state index in [1.807, 2.05) is 30.3 Å². The Morgan fingerprint density at radius 2 is 1.52 bits per heavy atom. The van der Waals surface area contributed by atoms with Crippen LogP contribution in [0.15, 0.2) is 89.8 Å². The largest absolute Gasteiger partial charge is 0.744 e. The Balaban J connectivity index is 0.000000328. The molecule has 7 nitrogen and oxygen atoms in total. The summed E-state index contributed by atoms with van der Waals surface area (Å²) in [6.45, 7) is 8.18. The molecule has 4 aliphatic heterocycles. The topological polar surface area (TPSA) is 86.7 Å². The molecule has 0 amide bonds. The van der Waals surface area contributed by atoms with Crippen LogP contribution in [0, 0.1) is 11.7 Å². The maximum Gasteiger partial charge on any atom is 0.331 e. The van der Waals surface area contributed by atoms with E-state index in [0.29, 0.717) is 5.92 Å². The highest BCUT2D eigenvalue weighted by atomic mass is 32.2. The van der Waals surface area contributed by atoms with Crippen molar-refractivity contribution in [2.45, 2.75) is 62.0 Å². The van der Waals surface area contributed by atoms with E-state index in [1.54, 1.807) is 18.2 Å². The van der Waals surface area contributed by atoms with Gasteiger partial charge in [0.1, 0.15) is 28.0 Å². The number of quaternary nitrogens is 1. The molecular formula is C35H43FN2O5S. The molecule has 3 aromatic rings. The molecule has 0 saturated carbocycles. The number of ether oxygens (including phenoxy) is 1. The Morgan fingerprint density at radius 1 is 0.932 bits per heavy atom. The maximum absolute atomic E-state index is 13.9. The van der Waals surface area contributed by atoms with Crippen LogP contribution in [0.3, 0.4) is 0 Å². The normalized spacial score (nSPS) is 24.9. The van der Waals surface area contributed by atoms with Gasteiger partial charge in [-0.15, -0.1) is 0 Å². The summed E-state index contributed by atoms with van der Waals surface area (Å²) in [6.07, 6.45) is 6.64. The fourth-order valence-corrected chi connectivity index (χ4v) is 7.55. The van der Waals surface area contributed by atoms with Gasteiger partial charge in [-0.3, -0.25) is 4.90 Å². The first-order chi connectivity index (χ1) is 21.1. The van der Waals surface area contributed by atoms with Gasteiger partial charge in [0.2, 0.25) is 0 Å². The van der Waals surface area contributed by atoms with Gasteiger partial charge < -0.3 is 13.8 Å². The zero-order valence-electron chi connectivity index (χ0n) is 25.4. The van der Waals surface area contributed by atoms with E-state index in [9.17, 15) is 22.2 Å². The minimum atomic E-state index is -4.25. The molecule has 2 bridgehead atoms. The lowest BCUT2D eigenvalue weighted by Gasteiger charge is -2.53. The fourth-order valence-electron chi connectivity index (χ4n) is 7.06. The number of benzene rings is 3. The van der Waals surface area contributed by atoms with Crippen LogP contribution in [0.5, 0.6) is 0 Å². The molecule has 4 heterocycles. The number of fused-ring (bicyclic) bond motifs is 3. The summed E-state index contributed by atoms with van der Waals surface area (Å²) in [7, 11) is -4.25. The average molecular weight is 623 g/mol. The van der Waals surface area contributed by atoms with Crippen molar-refractivity contribution in [2.24, 2.45) is 5.92 Å². The molecule has 2 atom stereocenters. The average Bonchev–Trinajstić information content (AvgIpc) is 3.06. The lowest BCUT2D eigenvalue weighted by molar-refractivity contribution is -0.946. The number of nitrogens with zero attached hydrogens (tertiary/aromatic N) is 2. The second-order valence-corrected chi connectivity index (χ2v) is 14.0. The number of carbonyl (C=O) groups is 1. The molecule has 4 fully saturated rings. The maximum atomic E-state index is 13.9. The Labute approximate surface area is 261 Å². The van der Waals surface area contributed by atoms with Crippen LogP contribution in [0.2, 0.25) is 0 Å². The van der Waals surface area contributed by atoms with Crippen LogP contribution in [0.25, 0.3) is 0 Å². The second-order valence-electron chi connectivity index (χ2n) is 12.6. The van der Waals surface area contributed by atoms with E-state index in [-0.39, 0.29) is 22.8 Å². The van der Waals surface area contributed by atoms with Gasteiger partial charge >= 0.3 is 5.97 Å². The molecule has 0 aromatic heterocycles. The zero-order valence-corrected chi connectivity index (χ0v) is 26.3. The van der Waals surface area contributed by atoms with Gasteiger partial charge in [-0.2, -0.15) is 0 Å². The molecule has 4 aliphatic rings. The van der Waals surface area contributed by atoms with Gasteiger partial charge in [-0.1, -0.05) is 67.1 Å². The van der Waals surface area contributed by atoms with E-state index in [0.717, 1.165) is 81.4 Å². The van der Waals surface area contributed by atoms with Crippen LogP contribution >= 0.6 is 0 Å². The third-order valence-electron chi connectivity index (χ3n) is 9.84. The van der Waals surface area contributed by atoms with Crippen molar-refractivity contribution in [1.29, 1.82) is 0 Å². The summed E-state index contributed by atoms with van der Waals surface area (Å²) in [4.78, 5) is 16.1. The smallest absolute Gasteiger partial charge is 0.331 e. The number of halogens is 1. The first kappa shape index (κ1) is 32.3. The van der Waals surface area contributed by atoms with E-state index >= 15 is 0 Å². The van der Waals surface area contributed by atoms with E-state index < -0.39 is 15.7 Å². The van der Waals surface area contributed by atoms with Gasteiger partial charge in [-0.05, 0) is 68.2 Å². The van der Waals surface area contributed by atoms with Gasteiger partial charge in [-0.25, -0.2) is 17.6 Å². The minimum Gasteiger partial charge on any atom is -0.744 e. The Bertz CT molecular complexity index is 1470. The highest BCUT2D eigenvalue weighted by molar-refractivity contribution is 7.85. The molecule has 0 N–H and O–H groups in total. The van der Waals surface area contributed by atoms with Crippen LogP contribution in [-0.2, 0) is 31.6 Å². The van der Waals surface area contributed by atoms with Crippen molar-refractivity contribution in [3.8, 4) is 0 Å². The zero-order chi connectivity index (χ0) is 31.2. The summed E-state index contributed by atoms with van der Waals surface area (Å²) in [5, 5.41) is 0. The van der Waals surface area contributed by atoms with Crippen LogP contribution < -0.4 is 0 Å². The molecule has 0 radical (unpaired) electrons. The Morgan fingerprint density at radius 3 is 2.09 bits per heavy atom. The number of rotatable bonds is 8. The standard InChI is InChI=1S/C29H38FN2O2.C6H6O3S/c1-29(25-8-4-2-5-9-25,31-17-6-3-7-18-31)28(33)34-27-22-32(20-15-24(27)16-21-32)19-14-23-10-12-26(30)13-11-23;7-10(8,9)6-4-2-1-3-5-6/h2,4-5,8-13,24,27H,3,6-7,14-22H2,1H3;1-5H,(H,7,8,9)/q+1;/p-1/t24?,27-,29-,32?;/m0./s1.